The smallest absolute Gasteiger partial charge is 0.314 e. The summed E-state index contributed by atoms with van der Waals surface area (Å²) in [5, 5.41) is 0. The lowest BCUT2D eigenvalue weighted by Gasteiger charge is -2.19. The molecule has 0 atom stereocenters. The Bertz CT molecular complexity index is 545. The molecule has 20 heavy (non-hydrogen) atoms. The molecule has 2 amide bonds. The quantitative estimate of drug-likeness (QED) is 0.821. The fourth-order valence-electron chi connectivity index (χ4n) is 1.95. The van der Waals surface area contributed by atoms with Gasteiger partial charge >= 0.3 is 6.18 Å². The van der Waals surface area contributed by atoms with Crippen LogP contribution in [0.15, 0.2) is 18.3 Å². The van der Waals surface area contributed by atoms with E-state index < -0.39 is 24.5 Å². The number of pyridine rings is 1. The molecule has 1 saturated heterocycles. The van der Waals surface area contributed by atoms with Gasteiger partial charge in [-0.1, -0.05) is 6.07 Å². The van der Waals surface area contributed by atoms with Crippen molar-refractivity contribution in [1.29, 1.82) is 0 Å². The highest BCUT2D eigenvalue weighted by molar-refractivity contribution is 5.97. The van der Waals surface area contributed by atoms with Gasteiger partial charge in [0.25, 0.3) is 5.91 Å². The lowest BCUT2D eigenvalue weighted by molar-refractivity contribution is -0.157. The maximum atomic E-state index is 12.3. The van der Waals surface area contributed by atoms with E-state index in [1.165, 1.54) is 6.20 Å². The minimum absolute atomic E-state index is 0.147. The summed E-state index contributed by atoms with van der Waals surface area (Å²) in [6, 6.07) is 3.32. The molecule has 8 heteroatoms. The van der Waals surface area contributed by atoms with Gasteiger partial charge in [-0.05, 0) is 18.6 Å². The Morgan fingerprint density at radius 1 is 1.45 bits per heavy atom. The second-order valence-electron chi connectivity index (χ2n) is 4.52. The molecule has 0 saturated carbocycles. The number of aryl methyl sites for hydroxylation is 1. The summed E-state index contributed by atoms with van der Waals surface area (Å²) in [6.07, 6.45) is -3.05. The van der Waals surface area contributed by atoms with Crippen molar-refractivity contribution in [3.8, 4) is 0 Å². The number of rotatable bonds is 2. The van der Waals surface area contributed by atoms with Crippen LogP contribution in [0.1, 0.15) is 16.1 Å². The van der Waals surface area contributed by atoms with Crippen molar-refractivity contribution in [1.82, 2.24) is 14.8 Å². The minimum Gasteiger partial charge on any atom is -0.314 e. The van der Waals surface area contributed by atoms with Gasteiger partial charge in [0.1, 0.15) is 18.8 Å². The third-order valence-corrected chi connectivity index (χ3v) is 2.89. The normalized spacial score (nSPS) is 15.9. The molecule has 1 aliphatic rings. The van der Waals surface area contributed by atoms with Gasteiger partial charge in [-0.25, -0.2) is 0 Å². The predicted molar refractivity (Wildman–Crippen MR) is 62.6 cm³/mol. The van der Waals surface area contributed by atoms with Crippen LogP contribution in [0, 0.1) is 6.92 Å². The van der Waals surface area contributed by atoms with Gasteiger partial charge in [-0.15, -0.1) is 0 Å². The first-order valence-corrected chi connectivity index (χ1v) is 5.83. The maximum absolute atomic E-state index is 12.3. The van der Waals surface area contributed by atoms with Crippen molar-refractivity contribution in [2.24, 2.45) is 0 Å². The van der Waals surface area contributed by atoms with Crippen LogP contribution in [-0.4, -0.2) is 52.5 Å². The highest BCUT2D eigenvalue weighted by atomic mass is 19.4. The van der Waals surface area contributed by atoms with Crippen molar-refractivity contribution in [3.05, 3.63) is 29.6 Å². The minimum atomic E-state index is -4.48. The number of carbonyl (C=O) groups is 2. The second kappa shape index (κ2) is 5.10. The molecule has 5 nitrogen and oxygen atoms in total. The maximum Gasteiger partial charge on any atom is 0.406 e. The zero-order valence-electron chi connectivity index (χ0n) is 10.6. The van der Waals surface area contributed by atoms with Crippen LogP contribution < -0.4 is 0 Å². The van der Waals surface area contributed by atoms with Crippen LogP contribution in [0.5, 0.6) is 0 Å². The summed E-state index contributed by atoms with van der Waals surface area (Å²) >= 11 is 0. The lowest BCUT2D eigenvalue weighted by atomic mass is 10.2. The number of alkyl halides is 3. The van der Waals surface area contributed by atoms with Gasteiger partial charge in [0, 0.05) is 6.20 Å². The molecule has 1 aromatic rings. The van der Waals surface area contributed by atoms with Gasteiger partial charge in [0.2, 0.25) is 5.91 Å². The number of halogens is 3. The summed E-state index contributed by atoms with van der Waals surface area (Å²) in [5.74, 6) is -1.26. The average Bonchev–Trinajstić information content (AvgIpc) is 2.68. The molecule has 1 aliphatic heterocycles. The molecule has 1 aromatic heterocycles. The topological polar surface area (TPSA) is 53.5 Å². The first kappa shape index (κ1) is 14.3. The Morgan fingerprint density at radius 2 is 2.15 bits per heavy atom. The Morgan fingerprint density at radius 3 is 2.75 bits per heavy atom. The fraction of sp³-hybridized carbons (Fsp3) is 0.417. The molecule has 1 fully saturated rings. The van der Waals surface area contributed by atoms with E-state index in [1.807, 2.05) is 0 Å². The zero-order valence-corrected chi connectivity index (χ0v) is 10.6. The summed E-state index contributed by atoms with van der Waals surface area (Å²) < 4.78 is 36.9. The number of hydrogen-bond donors (Lipinski definition) is 0. The molecule has 0 bridgehead atoms. The van der Waals surface area contributed by atoms with E-state index in [1.54, 1.807) is 19.1 Å². The fourth-order valence-corrected chi connectivity index (χ4v) is 1.95. The second-order valence-corrected chi connectivity index (χ2v) is 4.52. The van der Waals surface area contributed by atoms with Crippen LogP contribution >= 0.6 is 0 Å². The molecular formula is C12H12F3N3O2. The van der Waals surface area contributed by atoms with Gasteiger partial charge in [-0.2, -0.15) is 13.2 Å². The van der Waals surface area contributed by atoms with E-state index in [0.29, 0.717) is 10.5 Å². The Hall–Kier alpha value is -2.12. The van der Waals surface area contributed by atoms with Crippen LogP contribution in [0.25, 0.3) is 0 Å². The number of aromatic nitrogens is 1. The van der Waals surface area contributed by atoms with Gasteiger partial charge < -0.3 is 9.80 Å². The van der Waals surface area contributed by atoms with E-state index in [-0.39, 0.29) is 18.9 Å². The standard InChI is InChI=1S/C12H12F3N3O2/c1-8-3-2-4-16-10(8)11(20)17-5-9(19)18(7-17)6-12(13,14)15/h2-4H,5-7H2,1H3. The average molecular weight is 287 g/mol. The first-order valence-electron chi connectivity index (χ1n) is 5.83. The van der Waals surface area contributed by atoms with Crippen molar-refractivity contribution in [2.75, 3.05) is 19.8 Å². The monoisotopic (exact) mass is 287 g/mol. The van der Waals surface area contributed by atoms with E-state index in [0.717, 1.165) is 4.90 Å². The van der Waals surface area contributed by atoms with Crippen LogP contribution in [0.4, 0.5) is 13.2 Å². The third-order valence-electron chi connectivity index (χ3n) is 2.89. The van der Waals surface area contributed by atoms with E-state index in [2.05, 4.69) is 4.98 Å². The van der Waals surface area contributed by atoms with Gasteiger partial charge in [0.05, 0.1) is 6.67 Å². The Balaban J connectivity index is 2.11. The third kappa shape index (κ3) is 3.06. The van der Waals surface area contributed by atoms with Crippen molar-refractivity contribution >= 4 is 11.8 Å². The van der Waals surface area contributed by atoms with Crippen LogP contribution in [-0.2, 0) is 4.79 Å². The summed E-state index contributed by atoms with van der Waals surface area (Å²) in [5.41, 5.74) is 0.758. The molecule has 108 valence electrons. The number of nitrogens with zero attached hydrogens (tertiary/aromatic N) is 3. The molecule has 0 spiro atoms. The SMILES string of the molecule is Cc1cccnc1C(=O)N1CC(=O)N(CC(F)(F)F)C1. The summed E-state index contributed by atoms with van der Waals surface area (Å²) in [7, 11) is 0. The van der Waals surface area contributed by atoms with Gasteiger partial charge in [0.15, 0.2) is 0 Å². The summed E-state index contributed by atoms with van der Waals surface area (Å²) in [6.45, 7) is -0.402. The predicted octanol–water partition coefficient (Wildman–Crippen LogP) is 1.19. The van der Waals surface area contributed by atoms with Crippen molar-refractivity contribution < 1.29 is 22.8 Å². The number of amides is 2. The van der Waals surface area contributed by atoms with E-state index in [4.69, 9.17) is 0 Å². The molecule has 0 aliphatic carbocycles. The highest BCUT2D eigenvalue weighted by Gasteiger charge is 2.39. The molecule has 0 unspecified atom stereocenters. The molecule has 0 aromatic carbocycles. The number of carbonyl (C=O) groups excluding carboxylic acids is 2. The van der Waals surface area contributed by atoms with Crippen LogP contribution in [0.2, 0.25) is 0 Å². The largest absolute Gasteiger partial charge is 0.406 e. The molecule has 0 radical (unpaired) electrons. The summed E-state index contributed by atoms with van der Waals surface area (Å²) in [4.78, 5) is 29.2. The van der Waals surface area contributed by atoms with Crippen molar-refractivity contribution in [3.63, 3.8) is 0 Å². The van der Waals surface area contributed by atoms with Crippen molar-refractivity contribution in [2.45, 2.75) is 13.1 Å². The molecule has 2 heterocycles. The Labute approximate surface area is 113 Å². The molecule has 2 rings (SSSR count). The van der Waals surface area contributed by atoms with Gasteiger partial charge in [-0.3, -0.25) is 14.6 Å². The first-order chi connectivity index (χ1) is 9.28. The zero-order chi connectivity index (χ0) is 14.9. The lowest BCUT2D eigenvalue weighted by Crippen LogP contribution is -2.37. The van der Waals surface area contributed by atoms with Crippen LogP contribution in [0.3, 0.4) is 0 Å². The van der Waals surface area contributed by atoms with E-state index >= 15 is 0 Å². The number of hydrogen-bond acceptors (Lipinski definition) is 3. The van der Waals surface area contributed by atoms with E-state index in [9.17, 15) is 22.8 Å². The highest BCUT2D eigenvalue weighted by Crippen LogP contribution is 2.20. The molecular weight excluding hydrogens is 275 g/mol. The molecule has 0 N–H and O–H groups in total. The Kier molecular flexibility index (Phi) is 3.65.